The largest absolute Gasteiger partial charge is 0.454 e. The molecule has 0 saturated carbocycles. The van der Waals surface area contributed by atoms with Crippen LogP contribution in [0.2, 0.25) is 0 Å². The highest BCUT2D eigenvalue weighted by Gasteiger charge is 2.27. The number of rotatable bonds is 4. The lowest BCUT2D eigenvalue weighted by Crippen LogP contribution is -2.51. The number of likely N-dealkylation sites (tertiary alicyclic amines) is 1. The fourth-order valence-electron chi connectivity index (χ4n) is 3.17. The second-order valence-electron chi connectivity index (χ2n) is 6.01. The van der Waals surface area contributed by atoms with Gasteiger partial charge in [-0.05, 0) is 38.4 Å². The van der Waals surface area contributed by atoms with Crippen molar-refractivity contribution in [3.8, 4) is 11.5 Å². The van der Waals surface area contributed by atoms with Crippen LogP contribution in [0, 0.1) is 0 Å². The molecule has 2 heterocycles. The van der Waals surface area contributed by atoms with Crippen molar-refractivity contribution in [3.63, 3.8) is 0 Å². The molecule has 0 bridgehead atoms. The number of piperidine rings is 1. The van der Waals surface area contributed by atoms with Gasteiger partial charge >= 0.3 is 0 Å². The summed E-state index contributed by atoms with van der Waals surface area (Å²) < 4.78 is 10.6. The van der Waals surface area contributed by atoms with Crippen LogP contribution in [0.25, 0.3) is 0 Å². The topological polar surface area (TPSA) is 76.8 Å². The van der Waals surface area contributed by atoms with Crippen LogP contribution in [0.15, 0.2) is 18.2 Å². The molecule has 1 amide bonds. The average molecular weight is 342 g/mol. The molecule has 2 atom stereocenters. The van der Waals surface area contributed by atoms with Gasteiger partial charge < -0.3 is 20.5 Å². The van der Waals surface area contributed by atoms with E-state index < -0.39 is 0 Å². The third kappa shape index (κ3) is 4.28. The van der Waals surface area contributed by atoms with E-state index in [1.54, 1.807) is 6.07 Å². The molecule has 3 N–H and O–H groups in total. The number of hydrogen-bond donors (Lipinski definition) is 2. The predicted octanol–water partition coefficient (Wildman–Crippen LogP) is 1.98. The summed E-state index contributed by atoms with van der Waals surface area (Å²) in [6.45, 7) is 3.55. The van der Waals surface area contributed by atoms with E-state index in [1.807, 2.05) is 19.1 Å². The van der Waals surface area contributed by atoms with Gasteiger partial charge in [0.05, 0.1) is 6.54 Å². The zero-order valence-corrected chi connectivity index (χ0v) is 14.1. The van der Waals surface area contributed by atoms with Crippen LogP contribution in [0.4, 0.5) is 5.69 Å². The van der Waals surface area contributed by atoms with Crippen molar-refractivity contribution in [2.24, 2.45) is 5.73 Å². The molecule has 1 aromatic carbocycles. The molecule has 3 rings (SSSR count). The van der Waals surface area contributed by atoms with Gasteiger partial charge in [0.1, 0.15) is 0 Å². The van der Waals surface area contributed by atoms with E-state index >= 15 is 0 Å². The Labute approximate surface area is 142 Å². The van der Waals surface area contributed by atoms with Crippen LogP contribution in [-0.2, 0) is 4.79 Å². The summed E-state index contributed by atoms with van der Waals surface area (Å²) >= 11 is 0. The first-order valence-electron chi connectivity index (χ1n) is 7.82. The van der Waals surface area contributed by atoms with Crippen molar-refractivity contribution in [1.82, 2.24) is 4.90 Å². The molecule has 7 heteroatoms. The quantitative estimate of drug-likeness (QED) is 0.875. The maximum Gasteiger partial charge on any atom is 0.238 e. The van der Waals surface area contributed by atoms with E-state index in [-0.39, 0.29) is 37.2 Å². The van der Waals surface area contributed by atoms with E-state index in [1.165, 1.54) is 6.42 Å². The minimum atomic E-state index is -0.0218. The van der Waals surface area contributed by atoms with E-state index in [4.69, 9.17) is 15.2 Å². The first kappa shape index (κ1) is 17.8. The van der Waals surface area contributed by atoms with Gasteiger partial charge in [-0.1, -0.05) is 6.42 Å². The molecule has 6 nitrogen and oxygen atoms in total. The Balaban J connectivity index is 0.00000192. The molecule has 23 heavy (non-hydrogen) atoms. The molecule has 2 unspecified atom stereocenters. The highest BCUT2D eigenvalue weighted by atomic mass is 35.5. The van der Waals surface area contributed by atoms with Crippen LogP contribution >= 0.6 is 12.4 Å². The van der Waals surface area contributed by atoms with E-state index in [0.29, 0.717) is 18.0 Å². The smallest absolute Gasteiger partial charge is 0.238 e. The summed E-state index contributed by atoms with van der Waals surface area (Å²) in [5, 5.41) is 2.92. The Morgan fingerprint density at radius 1 is 1.39 bits per heavy atom. The SMILES string of the molecule is CC(N)C1CCCCN1CC(=O)Nc1ccc2c(c1)OCO2.Cl. The third-order valence-corrected chi connectivity index (χ3v) is 4.27. The van der Waals surface area contributed by atoms with Gasteiger partial charge in [0.2, 0.25) is 12.7 Å². The Kier molecular flexibility index (Phi) is 6.10. The lowest BCUT2D eigenvalue weighted by molar-refractivity contribution is -0.118. The number of amides is 1. The fourth-order valence-corrected chi connectivity index (χ4v) is 3.17. The fraction of sp³-hybridized carbons (Fsp3) is 0.562. The summed E-state index contributed by atoms with van der Waals surface area (Å²) in [6.07, 6.45) is 3.38. The number of halogens is 1. The Morgan fingerprint density at radius 2 is 2.17 bits per heavy atom. The number of ether oxygens (including phenoxy) is 2. The monoisotopic (exact) mass is 341 g/mol. The molecular weight excluding hydrogens is 318 g/mol. The highest BCUT2D eigenvalue weighted by molar-refractivity contribution is 5.92. The molecule has 1 saturated heterocycles. The Bertz CT molecular complexity index is 553. The van der Waals surface area contributed by atoms with Gasteiger partial charge in [0.15, 0.2) is 11.5 Å². The summed E-state index contributed by atoms with van der Waals surface area (Å²) in [7, 11) is 0. The summed E-state index contributed by atoms with van der Waals surface area (Å²) in [5.41, 5.74) is 6.77. The number of hydrogen-bond acceptors (Lipinski definition) is 5. The van der Waals surface area contributed by atoms with Gasteiger partial charge in [-0.25, -0.2) is 0 Å². The Morgan fingerprint density at radius 3 is 2.96 bits per heavy atom. The Hall–Kier alpha value is -1.50. The van der Waals surface area contributed by atoms with Gasteiger partial charge in [-0.15, -0.1) is 12.4 Å². The van der Waals surface area contributed by atoms with Crippen molar-refractivity contribution >= 4 is 24.0 Å². The minimum absolute atomic E-state index is 0. The van der Waals surface area contributed by atoms with Gasteiger partial charge in [0, 0.05) is 23.8 Å². The lowest BCUT2D eigenvalue weighted by Gasteiger charge is -2.37. The standard InChI is InChI=1S/C16H23N3O3.ClH/c1-11(17)13-4-2-3-7-19(13)9-16(20)18-12-5-6-14-15(8-12)22-10-21-14;/h5-6,8,11,13H,2-4,7,9-10,17H2,1H3,(H,18,20);1H. The van der Waals surface area contributed by atoms with Crippen LogP contribution in [0.5, 0.6) is 11.5 Å². The second kappa shape index (κ2) is 7.86. The number of nitrogens with one attached hydrogen (secondary N) is 1. The minimum Gasteiger partial charge on any atom is -0.454 e. The van der Waals surface area contributed by atoms with Gasteiger partial charge in [0.25, 0.3) is 0 Å². The van der Waals surface area contributed by atoms with Gasteiger partial charge in [-0.3, -0.25) is 9.69 Å². The maximum absolute atomic E-state index is 12.3. The predicted molar refractivity (Wildman–Crippen MR) is 91.3 cm³/mol. The number of benzene rings is 1. The van der Waals surface area contributed by atoms with E-state index in [0.717, 1.165) is 25.1 Å². The maximum atomic E-state index is 12.3. The lowest BCUT2D eigenvalue weighted by atomic mass is 9.97. The van der Waals surface area contributed by atoms with Crippen LogP contribution in [-0.4, -0.2) is 42.8 Å². The average Bonchev–Trinajstić information content (AvgIpc) is 2.95. The van der Waals surface area contributed by atoms with Gasteiger partial charge in [-0.2, -0.15) is 0 Å². The van der Waals surface area contributed by atoms with E-state index in [2.05, 4.69) is 10.2 Å². The molecule has 0 radical (unpaired) electrons. The summed E-state index contributed by atoms with van der Waals surface area (Å²) in [4.78, 5) is 14.5. The molecule has 0 aromatic heterocycles. The van der Waals surface area contributed by atoms with E-state index in [9.17, 15) is 4.79 Å². The number of nitrogens with zero attached hydrogens (tertiary/aromatic N) is 1. The molecule has 2 aliphatic rings. The van der Waals surface area contributed by atoms with Crippen LogP contribution in [0.1, 0.15) is 26.2 Å². The molecular formula is C16H24ClN3O3. The van der Waals surface area contributed by atoms with Crippen LogP contribution in [0.3, 0.4) is 0 Å². The molecule has 1 aromatic rings. The number of fused-ring (bicyclic) bond motifs is 1. The molecule has 2 aliphatic heterocycles. The summed E-state index contributed by atoms with van der Waals surface area (Å²) in [6, 6.07) is 5.79. The highest BCUT2D eigenvalue weighted by Crippen LogP contribution is 2.34. The van der Waals surface area contributed by atoms with Crippen molar-refractivity contribution in [2.75, 3.05) is 25.2 Å². The zero-order valence-electron chi connectivity index (χ0n) is 13.3. The summed E-state index contributed by atoms with van der Waals surface area (Å²) in [5.74, 6) is 1.36. The van der Waals surface area contributed by atoms with Crippen LogP contribution < -0.4 is 20.5 Å². The number of carbonyl (C=O) groups is 1. The normalized spacial score (nSPS) is 21.4. The van der Waals surface area contributed by atoms with Crippen molar-refractivity contribution in [2.45, 2.75) is 38.3 Å². The first-order valence-corrected chi connectivity index (χ1v) is 7.82. The van der Waals surface area contributed by atoms with Crippen molar-refractivity contribution in [1.29, 1.82) is 0 Å². The van der Waals surface area contributed by atoms with Crippen molar-refractivity contribution < 1.29 is 14.3 Å². The second-order valence-corrected chi connectivity index (χ2v) is 6.01. The first-order chi connectivity index (χ1) is 10.6. The number of anilines is 1. The molecule has 0 aliphatic carbocycles. The molecule has 0 spiro atoms. The molecule has 128 valence electrons. The molecule has 1 fully saturated rings. The number of nitrogens with two attached hydrogens (primary N) is 1. The zero-order chi connectivity index (χ0) is 15.5. The third-order valence-electron chi connectivity index (χ3n) is 4.27. The number of carbonyl (C=O) groups excluding carboxylic acids is 1. The van der Waals surface area contributed by atoms with Crippen molar-refractivity contribution in [3.05, 3.63) is 18.2 Å².